The summed E-state index contributed by atoms with van der Waals surface area (Å²) in [6.07, 6.45) is 0. The van der Waals surface area contributed by atoms with Gasteiger partial charge in [-0.2, -0.15) is 0 Å². The molecule has 0 spiro atoms. The van der Waals surface area contributed by atoms with Gasteiger partial charge in [-0.25, -0.2) is 0 Å². The topological polar surface area (TPSA) is 72.7 Å². The van der Waals surface area contributed by atoms with Gasteiger partial charge in [0.15, 0.2) is 0 Å². The number of non-ortho nitro benzene ring substituents is 1. The lowest BCUT2D eigenvalue weighted by Gasteiger charge is -2.20. The summed E-state index contributed by atoms with van der Waals surface area (Å²) in [6.45, 7) is 3.23. The molecule has 7 heteroatoms. The molecule has 0 heterocycles. The van der Waals surface area contributed by atoms with Crippen LogP contribution < -0.4 is 0 Å². The highest BCUT2D eigenvalue weighted by Crippen LogP contribution is 2.23. The first-order valence-corrected chi connectivity index (χ1v) is 6.52. The molecule has 1 rings (SSSR count). The maximum atomic E-state index is 12.3. The molecule has 1 aromatic rings. The summed E-state index contributed by atoms with van der Waals surface area (Å²) in [5, 5.41) is 10.7. The zero-order chi connectivity index (χ0) is 14.4. The van der Waals surface area contributed by atoms with Gasteiger partial charge >= 0.3 is 0 Å². The van der Waals surface area contributed by atoms with E-state index in [4.69, 9.17) is 4.74 Å². The van der Waals surface area contributed by atoms with Gasteiger partial charge in [0.25, 0.3) is 11.6 Å². The summed E-state index contributed by atoms with van der Waals surface area (Å²) >= 11 is 3.24. The lowest BCUT2D eigenvalue weighted by molar-refractivity contribution is -0.384. The van der Waals surface area contributed by atoms with E-state index in [0.717, 1.165) is 0 Å². The maximum Gasteiger partial charge on any atom is 0.270 e. The van der Waals surface area contributed by atoms with Crippen LogP contribution in [0.5, 0.6) is 0 Å². The maximum absolute atomic E-state index is 12.3. The molecule has 0 unspecified atom stereocenters. The minimum absolute atomic E-state index is 0.102. The van der Waals surface area contributed by atoms with E-state index < -0.39 is 4.92 Å². The molecule has 0 aliphatic rings. The van der Waals surface area contributed by atoms with Crippen molar-refractivity contribution in [3.8, 4) is 0 Å². The Morgan fingerprint density at radius 1 is 1.53 bits per heavy atom. The van der Waals surface area contributed by atoms with Gasteiger partial charge in [-0.15, -0.1) is 0 Å². The Hall–Kier alpha value is -1.47. The smallest absolute Gasteiger partial charge is 0.270 e. The van der Waals surface area contributed by atoms with Gasteiger partial charge in [-0.3, -0.25) is 14.9 Å². The van der Waals surface area contributed by atoms with Crippen molar-refractivity contribution in [1.82, 2.24) is 4.90 Å². The van der Waals surface area contributed by atoms with Crippen LogP contribution in [0.25, 0.3) is 0 Å². The fraction of sp³-hybridized carbons (Fsp3) is 0.417. The number of benzene rings is 1. The Morgan fingerprint density at radius 2 is 2.21 bits per heavy atom. The number of ether oxygens (including phenoxy) is 1. The van der Waals surface area contributed by atoms with Crippen LogP contribution in [0.2, 0.25) is 0 Å². The number of carbonyl (C=O) groups excluding carboxylic acids is 1. The number of halogens is 1. The third-order valence-corrected chi connectivity index (χ3v) is 3.32. The second-order valence-electron chi connectivity index (χ2n) is 3.80. The standard InChI is InChI=1S/C12H15BrN2O4/c1-3-14(6-7-19-2)12(16)10-8-9(15(17)18)4-5-11(10)13/h4-5,8H,3,6-7H2,1-2H3. The number of nitro groups is 1. The van der Waals surface area contributed by atoms with Crippen LogP contribution in [0.1, 0.15) is 17.3 Å². The Balaban J connectivity index is 3.02. The summed E-state index contributed by atoms with van der Waals surface area (Å²) in [5.41, 5.74) is 0.182. The summed E-state index contributed by atoms with van der Waals surface area (Å²) in [6, 6.07) is 4.14. The van der Waals surface area contributed by atoms with Crippen LogP contribution in [-0.4, -0.2) is 42.5 Å². The molecular formula is C12H15BrN2O4. The largest absolute Gasteiger partial charge is 0.383 e. The summed E-state index contributed by atoms with van der Waals surface area (Å²) in [4.78, 5) is 24.1. The summed E-state index contributed by atoms with van der Waals surface area (Å²) in [7, 11) is 1.56. The van der Waals surface area contributed by atoms with Crippen LogP contribution in [-0.2, 0) is 4.74 Å². The van der Waals surface area contributed by atoms with E-state index >= 15 is 0 Å². The zero-order valence-electron chi connectivity index (χ0n) is 10.8. The number of nitro benzene ring substituents is 1. The molecule has 19 heavy (non-hydrogen) atoms. The van der Waals surface area contributed by atoms with E-state index in [1.165, 1.54) is 18.2 Å². The number of hydrogen-bond donors (Lipinski definition) is 0. The Kier molecular flexibility index (Phi) is 5.91. The minimum atomic E-state index is -0.519. The van der Waals surface area contributed by atoms with Crippen molar-refractivity contribution >= 4 is 27.5 Å². The van der Waals surface area contributed by atoms with E-state index in [9.17, 15) is 14.9 Å². The molecule has 0 aromatic heterocycles. The van der Waals surface area contributed by atoms with Crippen molar-refractivity contribution in [3.63, 3.8) is 0 Å². The summed E-state index contributed by atoms with van der Waals surface area (Å²) < 4.78 is 5.48. The number of nitrogens with zero attached hydrogens (tertiary/aromatic N) is 2. The van der Waals surface area contributed by atoms with Crippen LogP contribution in [0.15, 0.2) is 22.7 Å². The van der Waals surface area contributed by atoms with Gasteiger partial charge in [-0.1, -0.05) is 0 Å². The summed E-state index contributed by atoms with van der Waals surface area (Å²) in [5.74, 6) is -0.255. The predicted molar refractivity (Wildman–Crippen MR) is 74.2 cm³/mol. The molecule has 0 aliphatic heterocycles. The number of methoxy groups -OCH3 is 1. The van der Waals surface area contributed by atoms with E-state index in [2.05, 4.69) is 15.9 Å². The second kappa shape index (κ2) is 7.20. The number of hydrogen-bond acceptors (Lipinski definition) is 4. The normalized spacial score (nSPS) is 10.3. The number of amides is 1. The lowest BCUT2D eigenvalue weighted by Crippen LogP contribution is -2.33. The number of rotatable bonds is 6. The monoisotopic (exact) mass is 330 g/mol. The third-order valence-electron chi connectivity index (χ3n) is 2.63. The molecule has 0 saturated carbocycles. The second-order valence-corrected chi connectivity index (χ2v) is 4.65. The Labute approximate surface area is 119 Å². The Morgan fingerprint density at radius 3 is 2.74 bits per heavy atom. The molecule has 0 N–H and O–H groups in total. The molecule has 104 valence electrons. The van der Waals surface area contributed by atoms with Gasteiger partial charge in [0.1, 0.15) is 0 Å². The molecule has 0 atom stereocenters. The van der Waals surface area contributed by atoms with Crippen molar-refractivity contribution in [3.05, 3.63) is 38.3 Å². The highest BCUT2D eigenvalue weighted by molar-refractivity contribution is 9.10. The van der Waals surface area contributed by atoms with E-state index in [0.29, 0.717) is 24.2 Å². The molecule has 0 aliphatic carbocycles. The van der Waals surface area contributed by atoms with Crippen molar-refractivity contribution < 1.29 is 14.5 Å². The SMILES string of the molecule is CCN(CCOC)C(=O)c1cc([N+](=O)[O-])ccc1Br. The lowest BCUT2D eigenvalue weighted by atomic mass is 10.1. The van der Waals surface area contributed by atoms with Crippen LogP contribution in [0, 0.1) is 10.1 Å². The average Bonchev–Trinajstić information content (AvgIpc) is 2.39. The molecule has 0 bridgehead atoms. The molecule has 6 nitrogen and oxygen atoms in total. The van der Waals surface area contributed by atoms with Crippen molar-refractivity contribution in [2.45, 2.75) is 6.92 Å². The average molecular weight is 331 g/mol. The quantitative estimate of drug-likeness (QED) is 0.593. The molecule has 0 saturated heterocycles. The van der Waals surface area contributed by atoms with E-state index in [1.807, 2.05) is 6.92 Å². The predicted octanol–water partition coefficient (Wildman–Crippen LogP) is 2.47. The Bertz CT molecular complexity index is 479. The van der Waals surface area contributed by atoms with Gasteiger partial charge in [-0.05, 0) is 28.9 Å². The zero-order valence-corrected chi connectivity index (χ0v) is 12.3. The molecule has 1 aromatic carbocycles. The van der Waals surface area contributed by atoms with E-state index in [-0.39, 0.29) is 17.2 Å². The van der Waals surface area contributed by atoms with Gasteiger partial charge in [0.05, 0.1) is 17.1 Å². The highest BCUT2D eigenvalue weighted by Gasteiger charge is 2.19. The van der Waals surface area contributed by atoms with Gasteiger partial charge < -0.3 is 9.64 Å². The van der Waals surface area contributed by atoms with Crippen molar-refractivity contribution in [2.75, 3.05) is 26.8 Å². The molecule has 0 radical (unpaired) electrons. The van der Waals surface area contributed by atoms with E-state index in [1.54, 1.807) is 12.0 Å². The first-order valence-electron chi connectivity index (χ1n) is 5.73. The number of carbonyl (C=O) groups is 1. The van der Waals surface area contributed by atoms with Crippen LogP contribution >= 0.6 is 15.9 Å². The molecular weight excluding hydrogens is 316 g/mol. The van der Waals surface area contributed by atoms with Gasteiger partial charge in [0.2, 0.25) is 0 Å². The van der Waals surface area contributed by atoms with Crippen molar-refractivity contribution in [1.29, 1.82) is 0 Å². The molecule has 1 amide bonds. The first kappa shape index (κ1) is 15.6. The third kappa shape index (κ3) is 4.00. The minimum Gasteiger partial charge on any atom is -0.383 e. The molecule has 0 fully saturated rings. The van der Waals surface area contributed by atoms with Crippen LogP contribution in [0.3, 0.4) is 0 Å². The first-order chi connectivity index (χ1) is 9.01. The van der Waals surface area contributed by atoms with Crippen molar-refractivity contribution in [2.24, 2.45) is 0 Å². The highest BCUT2D eigenvalue weighted by atomic mass is 79.9. The van der Waals surface area contributed by atoms with Gasteiger partial charge in [0, 0.05) is 36.8 Å². The number of likely N-dealkylation sites (N-methyl/N-ethyl adjacent to an activating group) is 1. The fourth-order valence-electron chi connectivity index (χ4n) is 1.57. The van der Waals surface area contributed by atoms with Crippen LogP contribution in [0.4, 0.5) is 5.69 Å². The fourth-order valence-corrected chi connectivity index (χ4v) is 1.98.